The molecule has 3 N–H and O–H groups in total. The Morgan fingerprint density at radius 2 is 2.32 bits per heavy atom. The Hall–Kier alpha value is -2.15. The molecule has 98 valence electrons. The van der Waals surface area contributed by atoms with Crippen molar-refractivity contribution in [2.45, 2.75) is 19.9 Å². The molecule has 3 heterocycles. The number of amides is 1. The SMILES string of the molecule is CC1=C(C(N)=O)[C@H](c2sccc2C)n2ncnc2N1. The van der Waals surface area contributed by atoms with Gasteiger partial charge < -0.3 is 11.1 Å². The number of hydrogen-bond donors (Lipinski definition) is 2. The fourth-order valence-electron chi connectivity index (χ4n) is 2.32. The van der Waals surface area contributed by atoms with Crippen molar-refractivity contribution >= 4 is 23.2 Å². The molecule has 2 aromatic heterocycles. The lowest BCUT2D eigenvalue weighted by Gasteiger charge is -2.27. The van der Waals surface area contributed by atoms with Crippen LogP contribution in [0.5, 0.6) is 0 Å². The first-order valence-electron chi connectivity index (χ1n) is 5.80. The Bertz CT molecular complexity index is 684. The molecule has 7 heteroatoms. The molecule has 2 aromatic rings. The molecular weight excluding hydrogens is 262 g/mol. The van der Waals surface area contributed by atoms with Crippen LogP contribution in [-0.2, 0) is 4.79 Å². The van der Waals surface area contributed by atoms with E-state index in [9.17, 15) is 4.79 Å². The van der Waals surface area contributed by atoms with Crippen molar-refractivity contribution in [2.24, 2.45) is 5.73 Å². The first kappa shape index (κ1) is 11.9. The highest BCUT2D eigenvalue weighted by atomic mass is 32.1. The van der Waals surface area contributed by atoms with Crippen LogP contribution in [0, 0.1) is 6.92 Å². The zero-order valence-electron chi connectivity index (χ0n) is 10.5. The first-order chi connectivity index (χ1) is 9.09. The predicted octanol–water partition coefficient (Wildman–Crippen LogP) is 1.42. The second-order valence-electron chi connectivity index (χ2n) is 4.43. The summed E-state index contributed by atoms with van der Waals surface area (Å²) in [6.45, 7) is 3.84. The smallest absolute Gasteiger partial charge is 0.248 e. The van der Waals surface area contributed by atoms with Gasteiger partial charge in [-0.25, -0.2) is 4.68 Å². The number of allylic oxidation sites excluding steroid dienone is 1. The van der Waals surface area contributed by atoms with Crippen molar-refractivity contribution in [1.82, 2.24) is 14.8 Å². The maximum atomic E-state index is 11.8. The molecule has 1 aliphatic rings. The number of carbonyl (C=O) groups excluding carboxylic acids is 1. The maximum Gasteiger partial charge on any atom is 0.248 e. The van der Waals surface area contributed by atoms with E-state index in [1.807, 2.05) is 25.3 Å². The van der Waals surface area contributed by atoms with Crippen molar-refractivity contribution in [3.8, 4) is 0 Å². The van der Waals surface area contributed by atoms with Gasteiger partial charge in [-0.05, 0) is 30.9 Å². The number of nitrogens with one attached hydrogen (secondary N) is 1. The van der Waals surface area contributed by atoms with Gasteiger partial charge >= 0.3 is 0 Å². The lowest BCUT2D eigenvalue weighted by molar-refractivity contribution is -0.115. The summed E-state index contributed by atoms with van der Waals surface area (Å²) >= 11 is 1.59. The van der Waals surface area contributed by atoms with E-state index in [1.54, 1.807) is 16.0 Å². The Morgan fingerprint density at radius 1 is 1.53 bits per heavy atom. The molecule has 3 rings (SSSR count). The van der Waals surface area contributed by atoms with Gasteiger partial charge in [-0.1, -0.05) is 0 Å². The summed E-state index contributed by atoms with van der Waals surface area (Å²) in [5.41, 5.74) is 7.91. The third kappa shape index (κ3) is 1.74. The maximum absolute atomic E-state index is 11.8. The van der Waals surface area contributed by atoms with Gasteiger partial charge in [0.1, 0.15) is 12.4 Å². The molecule has 0 saturated carbocycles. The number of hydrogen-bond acceptors (Lipinski definition) is 5. The number of aryl methyl sites for hydroxylation is 1. The lowest BCUT2D eigenvalue weighted by Crippen LogP contribution is -2.31. The third-order valence-electron chi connectivity index (χ3n) is 3.21. The summed E-state index contributed by atoms with van der Waals surface area (Å²) in [7, 11) is 0. The monoisotopic (exact) mass is 275 g/mol. The normalized spacial score (nSPS) is 18.1. The van der Waals surface area contributed by atoms with Gasteiger partial charge in [0.25, 0.3) is 0 Å². The molecule has 1 atom stereocenters. The molecule has 19 heavy (non-hydrogen) atoms. The molecule has 0 aromatic carbocycles. The number of fused-ring (bicyclic) bond motifs is 1. The highest BCUT2D eigenvalue weighted by Gasteiger charge is 2.33. The van der Waals surface area contributed by atoms with Gasteiger partial charge in [-0.2, -0.15) is 10.1 Å². The lowest BCUT2D eigenvalue weighted by atomic mass is 9.99. The second-order valence-corrected chi connectivity index (χ2v) is 5.37. The zero-order valence-corrected chi connectivity index (χ0v) is 11.4. The highest BCUT2D eigenvalue weighted by molar-refractivity contribution is 7.10. The second kappa shape index (κ2) is 4.20. The predicted molar refractivity (Wildman–Crippen MR) is 72.7 cm³/mol. The van der Waals surface area contributed by atoms with Crippen LogP contribution in [0.2, 0.25) is 0 Å². The minimum Gasteiger partial charge on any atom is -0.366 e. The van der Waals surface area contributed by atoms with Crippen LogP contribution >= 0.6 is 11.3 Å². The van der Waals surface area contributed by atoms with Crippen molar-refractivity contribution in [2.75, 3.05) is 5.32 Å². The van der Waals surface area contributed by atoms with Gasteiger partial charge in [0.15, 0.2) is 0 Å². The van der Waals surface area contributed by atoms with Crippen LogP contribution in [0.15, 0.2) is 29.0 Å². The molecule has 0 radical (unpaired) electrons. The third-order valence-corrected chi connectivity index (χ3v) is 4.28. The van der Waals surface area contributed by atoms with Crippen LogP contribution in [0.4, 0.5) is 5.95 Å². The summed E-state index contributed by atoms with van der Waals surface area (Å²) in [5, 5.41) is 9.26. The number of thiophene rings is 1. The van der Waals surface area contributed by atoms with E-state index in [1.165, 1.54) is 6.33 Å². The van der Waals surface area contributed by atoms with Crippen LogP contribution in [-0.4, -0.2) is 20.7 Å². The van der Waals surface area contributed by atoms with E-state index in [0.29, 0.717) is 11.5 Å². The summed E-state index contributed by atoms with van der Waals surface area (Å²) in [5.74, 6) is 0.184. The topological polar surface area (TPSA) is 85.8 Å². The molecule has 6 nitrogen and oxygen atoms in total. The van der Waals surface area contributed by atoms with Gasteiger partial charge in [-0.3, -0.25) is 4.79 Å². The zero-order chi connectivity index (χ0) is 13.6. The van der Waals surface area contributed by atoms with Crippen LogP contribution in [0.3, 0.4) is 0 Å². The Labute approximate surface area is 114 Å². The van der Waals surface area contributed by atoms with E-state index in [-0.39, 0.29) is 6.04 Å². The minimum atomic E-state index is -0.441. The average Bonchev–Trinajstić information content (AvgIpc) is 2.95. The summed E-state index contributed by atoms with van der Waals surface area (Å²) in [6.07, 6.45) is 1.47. The summed E-state index contributed by atoms with van der Waals surface area (Å²) < 4.78 is 1.70. The number of rotatable bonds is 2. The van der Waals surface area contributed by atoms with E-state index in [4.69, 9.17) is 5.73 Å². The quantitative estimate of drug-likeness (QED) is 0.868. The molecule has 0 bridgehead atoms. The van der Waals surface area contributed by atoms with E-state index < -0.39 is 5.91 Å². The molecule has 1 amide bonds. The standard InChI is InChI=1S/C12H13N5OS/c1-6-3-4-19-10(6)9-8(11(13)18)7(2)16-12-14-5-15-17(9)12/h3-5,9H,1-2H3,(H2,13,18)(H,14,15,16)/t9-/m1/s1. The number of aromatic nitrogens is 3. The van der Waals surface area contributed by atoms with Gasteiger partial charge in [0.05, 0.1) is 5.57 Å². The molecule has 0 fully saturated rings. The van der Waals surface area contributed by atoms with Crippen LogP contribution in [0.1, 0.15) is 23.4 Å². The molecule has 0 aliphatic carbocycles. The fraction of sp³-hybridized carbons (Fsp3) is 0.250. The van der Waals surface area contributed by atoms with Crippen molar-refractivity contribution < 1.29 is 4.79 Å². The number of carbonyl (C=O) groups is 1. The minimum absolute atomic E-state index is 0.295. The first-order valence-corrected chi connectivity index (χ1v) is 6.68. The summed E-state index contributed by atoms with van der Waals surface area (Å²) in [6, 6.07) is 1.73. The Balaban J connectivity index is 2.24. The molecule has 0 saturated heterocycles. The van der Waals surface area contributed by atoms with Crippen LogP contribution in [0.25, 0.3) is 0 Å². The summed E-state index contributed by atoms with van der Waals surface area (Å²) in [4.78, 5) is 17.0. The Morgan fingerprint density at radius 3 is 2.95 bits per heavy atom. The van der Waals surface area contributed by atoms with E-state index >= 15 is 0 Å². The van der Waals surface area contributed by atoms with Crippen molar-refractivity contribution in [3.63, 3.8) is 0 Å². The van der Waals surface area contributed by atoms with Crippen molar-refractivity contribution in [1.29, 1.82) is 0 Å². The highest BCUT2D eigenvalue weighted by Crippen LogP contribution is 2.37. The number of primary amides is 1. The largest absolute Gasteiger partial charge is 0.366 e. The van der Waals surface area contributed by atoms with Gasteiger partial charge in [-0.15, -0.1) is 11.3 Å². The number of nitrogens with two attached hydrogens (primary N) is 1. The van der Waals surface area contributed by atoms with E-state index in [2.05, 4.69) is 15.4 Å². The van der Waals surface area contributed by atoms with Crippen molar-refractivity contribution in [3.05, 3.63) is 39.5 Å². The van der Waals surface area contributed by atoms with E-state index in [0.717, 1.165) is 16.1 Å². The number of nitrogens with zero attached hydrogens (tertiary/aromatic N) is 3. The van der Waals surface area contributed by atoms with Gasteiger partial charge in [0.2, 0.25) is 11.9 Å². The fourth-order valence-corrected chi connectivity index (χ4v) is 3.34. The van der Waals surface area contributed by atoms with Crippen LogP contribution < -0.4 is 11.1 Å². The number of anilines is 1. The molecule has 0 spiro atoms. The Kier molecular flexibility index (Phi) is 2.63. The molecule has 0 unspecified atom stereocenters. The molecule has 1 aliphatic heterocycles. The average molecular weight is 275 g/mol. The van der Waals surface area contributed by atoms with Gasteiger partial charge in [0, 0.05) is 10.6 Å². The molecular formula is C12H13N5OS.